The number of rotatable bonds is 4. The Bertz CT molecular complexity index is 950. The monoisotopic (exact) mass is 400 g/mol. The van der Waals surface area contributed by atoms with Crippen LogP contribution >= 0.6 is 22.9 Å². The number of hydrogen-bond donors (Lipinski definition) is 1. The lowest BCUT2D eigenvalue weighted by Crippen LogP contribution is -2.11. The molecule has 2 heterocycles. The van der Waals surface area contributed by atoms with E-state index in [1.807, 2.05) is 0 Å². The molecular formula is C17H12ClF3N2O2S. The molecule has 0 aliphatic carbocycles. The van der Waals surface area contributed by atoms with E-state index in [1.54, 1.807) is 13.0 Å². The number of amides is 1. The average Bonchev–Trinajstić information content (AvgIpc) is 3.15. The quantitative estimate of drug-likeness (QED) is 0.623. The molecule has 4 nitrogen and oxygen atoms in total. The van der Waals surface area contributed by atoms with Crippen molar-refractivity contribution in [2.75, 3.05) is 5.32 Å². The second-order valence-corrected chi connectivity index (χ2v) is 7.05. The van der Waals surface area contributed by atoms with Crippen LogP contribution in [0.4, 0.5) is 18.3 Å². The van der Waals surface area contributed by atoms with Gasteiger partial charge < -0.3 is 4.42 Å². The van der Waals surface area contributed by atoms with Gasteiger partial charge in [-0.15, -0.1) is 11.3 Å². The second-order valence-electron chi connectivity index (χ2n) is 5.49. The van der Waals surface area contributed by atoms with E-state index in [-0.39, 0.29) is 27.9 Å². The van der Waals surface area contributed by atoms with Gasteiger partial charge in [-0.1, -0.05) is 11.6 Å². The second kappa shape index (κ2) is 7.13. The smallest absolute Gasteiger partial charge is 0.416 e. The van der Waals surface area contributed by atoms with Gasteiger partial charge in [0.1, 0.15) is 0 Å². The minimum atomic E-state index is -4.47. The van der Waals surface area contributed by atoms with Gasteiger partial charge in [-0.25, -0.2) is 4.98 Å². The van der Waals surface area contributed by atoms with Crippen molar-refractivity contribution in [1.29, 1.82) is 0 Å². The van der Waals surface area contributed by atoms with E-state index >= 15 is 0 Å². The number of halogens is 4. The Labute approximate surface area is 155 Å². The first-order chi connectivity index (χ1) is 12.2. The molecule has 136 valence electrons. The Morgan fingerprint density at radius 3 is 2.77 bits per heavy atom. The Morgan fingerprint density at radius 2 is 2.12 bits per heavy atom. The first-order valence-electron chi connectivity index (χ1n) is 7.40. The van der Waals surface area contributed by atoms with Crippen molar-refractivity contribution in [3.8, 4) is 0 Å². The number of benzene rings is 1. The highest BCUT2D eigenvalue weighted by atomic mass is 35.5. The molecule has 26 heavy (non-hydrogen) atoms. The van der Waals surface area contributed by atoms with E-state index in [0.717, 1.165) is 17.4 Å². The fourth-order valence-electron chi connectivity index (χ4n) is 2.38. The van der Waals surface area contributed by atoms with Gasteiger partial charge in [0.05, 0.1) is 11.8 Å². The Hall–Kier alpha value is -2.32. The van der Waals surface area contributed by atoms with E-state index in [1.165, 1.54) is 24.6 Å². The van der Waals surface area contributed by atoms with E-state index < -0.39 is 17.6 Å². The van der Waals surface area contributed by atoms with Crippen LogP contribution in [-0.4, -0.2) is 10.9 Å². The van der Waals surface area contributed by atoms with Gasteiger partial charge >= 0.3 is 6.18 Å². The summed E-state index contributed by atoms with van der Waals surface area (Å²) in [7, 11) is 0. The highest BCUT2D eigenvalue weighted by Crippen LogP contribution is 2.35. The van der Waals surface area contributed by atoms with Gasteiger partial charge in [-0.2, -0.15) is 13.2 Å². The highest BCUT2D eigenvalue weighted by molar-refractivity contribution is 7.15. The lowest BCUT2D eigenvalue weighted by Gasteiger charge is -2.12. The molecule has 0 saturated heterocycles. The highest BCUT2D eigenvalue weighted by Gasteiger charge is 2.33. The molecule has 0 unspecified atom stereocenters. The van der Waals surface area contributed by atoms with Crippen LogP contribution in [0.15, 0.2) is 41.1 Å². The molecule has 0 fully saturated rings. The van der Waals surface area contributed by atoms with E-state index in [2.05, 4.69) is 10.3 Å². The summed E-state index contributed by atoms with van der Waals surface area (Å²) in [5.74, 6) is -0.303. The zero-order valence-corrected chi connectivity index (χ0v) is 14.9. The van der Waals surface area contributed by atoms with Gasteiger partial charge in [0.2, 0.25) is 0 Å². The maximum Gasteiger partial charge on any atom is 0.416 e. The molecule has 3 aromatic rings. The van der Waals surface area contributed by atoms with Crippen molar-refractivity contribution in [3.05, 3.63) is 69.1 Å². The lowest BCUT2D eigenvalue weighted by atomic mass is 10.0. The van der Waals surface area contributed by atoms with E-state index in [9.17, 15) is 18.0 Å². The summed E-state index contributed by atoms with van der Waals surface area (Å²) >= 11 is 6.92. The minimum absolute atomic E-state index is 0.00270. The summed E-state index contributed by atoms with van der Waals surface area (Å²) in [5, 5.41) is 3.07. The molecule has 0 bridgehead atoms. The Kier molecular flexibility index (Phi) is 5.06. The fourth-order valence-corrected chi connectivity index (χ4v) is 3.40. The van der Waals surface area contributed by atoms with Crippen LogP contribution in [0, 0.1) is 6.92 Å². The van der Waals surface area contributed by atoms with Gasteiger partial charge in [-0.3, -0.25) is 10.1 Å². The molecule has 0 spiro atoms. The van der Waals surface area contributed by atoms with Crippen molar-refractivity contribution in [1.82, 2.24) is 4.98 Å². The van der Waals surface area contributed by atoms with Crippen molar-refractivity contribution in [2.24, 2.45) is 0 Å². The van der Waals surface area contributed by atoms with Crippen LogP contribution in [0.5, 0.6) is 0 Å². The van der Waals surface area contributed by atoms with Gasteiger partial charge in [0.25, 0.3) is 5.91 Å². The molecule has 1 aromatic carbocycles. The third kappa shape index (κ3) is 4.08. The van der Waals surface area contributed by atoms with Crippen molar-refractivity contribution in [2.45, 2.75) is 19.5 Å². The van der Waals surface area contributed by atoms with Gasteiger partial charge in [-0.05, 0) is 36.8 Å². The average molecular weight is 401 g/mol. The molecule has 0 aliphatic rings. The molecule has 0 aliphatic heterocycles. The number of anilines is 1. The molecule has 0 saturated carbocycles. The fraction of sp³-hybridized carbons (Fsp3) is 0.176. The summed E-state index contributed by atoms with van der Waals surface area (Å²) in [6.07, 6.45) is -1.65. The largest absolute Gasteiger partial charge is 0.459 e. The molecule has 1 amide bonds. The summed E-state index contributed by atoms with van der Waals surface area (Å²) in [5.41, 5.74) is -0.0199. The summed E-state index contributed by atoms with van der Waals surface area (Å²) in [6.45, 7) is 1.73. The maximum absolute atomic E-state index is 13.1. The van der Waals surface area contributed by atoms with Gasteiger partial charge in [0, 0.05) is 28.1 Å². The summed E-state index contributed by atoms with van der Waals surface area (Å²) in [4.78, 5) is 16.7. The third-order valence-electron chi connectivity index (χ3n) is 3.58. The molecule has 0 radical (unpaired) electrons. The van der Waals surface area contributed by atoms with Crippen LogP contribution in [0.25, 0.3) is 0 Å². The predicted molar refractivity (Wildman–Crippen MR) is 92.8 cm³/mol. The van der Waals surface area contributed by atoms with Crippen LogP contribution in [-0.2, 0) is 12.6 Å². The zero-order valence-electron chi connectivity index (χ0n) is 13.4. The number of furan rings is 1. The molecule has 2 aromatic heterocycles. The number of carbonyl (C=O) groups is 1. The number of thiazole rings is 1. The standard InChI is InChI=1S/C17H12ClF3N2O2S/c1-9-4-5-25-14(9)15(24)23-16-22-8-12(26-16)7-10-6-11(18)2-3-13(10)17(19,20)21/h2-6,8H,7H2,1H3,(H,22,23,24). The summed E-state index contributed by atoms with van der Waals surface area (Å²) < 4.78 is 44.5. The number of aryl methyl sites for hydroxylation is 1. The molecule has 9 heteroatoms. The topological polar surface area (TPSA) is 55.1 Å². The first kappa shape index (κ1) is 18.5. The molecule has 3 rings (SSSR count). The number of hydrogen-bond acceptors (Lipinski definition) is 4. The predicted octanol–water partition coefficient (Wildman–Crippen LogP) is 5.56. The number of nitrogens with one attached hydrogen (secondary N) is 1. The molecular weight excluding hydrogens is 389 g/mol. The third-order valence-corrected chi connectivity index (χ3v) is 4.73. The Balaban J connectivity index is 1.78. The Morgan fingerprint density at radius 1 is 1.35 bits per heavy atom. The van der Waals surface area contributed by atoms with Crippen molar-refractivity contribution >= 4 is 34.0 Å². The number of aromatic nitrogens is 1. The van der Waals surface area contributed by atoms with E-state index in [0.29, 0.717) is 10.4 Å². The van der Waals surface area contributed by atoms with Crippen LogP contribution < -0.4 is 5.32 Å². The van der Waals surface area contributed by atoms with Gasteiger partial charge in [0.15, 0.2) is 10.9 Å². The molecule has 1 N–H and O–H groups in total. The van der Waals surface area contributed by atoms with Crippen LogP contribution in [0.1, 0.15) is 32.1 Å². The minimum Gasteiger partial charge on any atom is -0.459 e. The molecule has 0 atom stereocenters. The first-order valence-corrected chi connectivity index (χ1v) is 8.59. The van der Waals surface area contributed by atoms with E-state index in [4.69, 9.17) is 16.0 Å². The van der Waals surface area contributed by atoms with Crippen molar-refractivity contribution < 1.29 is 22.4 Å². The number of nitrogens with zero attached hydrogens (tertiary/aromatic N) is 1. The SMILES string of the molecule is Cc1ccoc1C(=O)Nc1ncc(Cc2cc(Cl)ccc2C(F)(F)F)s1. The normalized spacial score (nSPS) is 11.6. The zero-order chi connectivity index (χ0) is 18.9. The van der Waals surface area contributed by atoms with Crippen LogP contribution in [0.3, 0.4) is 0 Å². The number of carbonyl (C=O) groups excluding carboxylic acids is 1. The van der Waals surface area contributed by atoms with Crippen LogP contribution in [0.2, 0.25) is 5.02 Å². The maximum atomic E-state index is 13.1. The summed E-state index contributed by atoms with van der Waals surface area (Å²) in [6, 6.07) is 5.10. The lowest BCUT2D eigenvalue weighted by molar-refractivity contribution is -0.138. The van der Waals surface area contributed by atoms with Crippen molar-refractivity contribution in [3.63, 3.8) is 0 Å². The number of alkyl halides is 3.